The van der Waals surface area contributed by atoms with Crippen molar-refractivity contribution in [3.05, 3.63) is 53.9 Å². The van der Waals surface area contributed by atoms with Gasteiger partial charge in [-0.3, -0.25) is 0 Å². The molecule has 1 aromatic carbocycles. The molecule has 1 aromatic heterocycles. The third-order valence-electron chi connectivity index (χ3n) is 2.07. The SMILES string of the molecule is c1ccc(CCc2ccnnn2)cc1. The number of hydrogen-bond donors (Lipinski definition) is 0. The van der Waals surface area contributed by atoms with E-state index in [2.05, 4.69) is 27.5 Å². The van der Waals surface area contributed by atoms with E-state index in [-0.39, 0.29) is 0 Å². The third-order valence-corrected chi connectivity index (χ3v) is 2.07. The molecule has 0 aliphatic carbocycles. The Balaban J connectivity index is 1.96. The lowest BCUT2D eigenvalue weighted by molar-refractivity contribution is 0.788. The van der Waals surface area contributed by atoms with Gasteiger partial charge in [-0.2, -0.15) is 0 Å². The number of rotatable bonds is 3. The van der Waals surface area contributed by atoms with Crippen molar-refractivity contribution in [2.45, 2.75) is 12.8 Å². The van der Waals surface area contributed by atoms with E-state index in [1.165, 1.54) is 5.56 Å². The van der Waals surface area contributed by atoms with Gasteiger partial charge in [0.15, 0.2) is 0 Å². The van der Waals surface area contributed by atoms with Crippen LogP contribution in [0.5, 0.6) is 0 Å². The second-order valence-corrected chi connectivity index (χ2v) is 3.10. The van der Waals surface area contributed by atoms with Gasteiger partial charge in [0.05, 0.1) is 11.9 Å². The Bertz CT molecular complexity index is 333. The normalized spacial score (nSPS) is 10.0. The second-order valence-electron chi connectivity index (χ2n) is 3.10. The van der Waals surface area contributed by atoms with Crippen LogP contribution in [0.3, 0.4) is 0 Å². The van der Waals surface area contributed by atoms with Crippen molar-refractivity contribution in [3.8, 4) is 0 Å². The zero-order chi connectivity index (χ0) is 9.64. The fourth-order valence-corrected chi connectivity index (χ4v) is 1.32. The first-order chi connectivity index (χ1) is 6.95. The van der Waals surface area contributed by atoms with Crippen LogP contribution in [0.15, 0.2) is 42.6 Å². The molecule has 0 saturated heterocycles. The maximum absolute atomic E-state index is 3.93. The summed E-state index contributed by atoms with van der Waals surface area (Å²) >= 11 is 0. The van der Waals surface area contributed by atoms with Gasteiger partial charge >= 0.3 is 0 Å². The lowest BCUT2D eigenvalue weighted by atomic mass is 10.1. The minimum Gasteiger partial charge on any atom is -0.139 e. The van der Waals surface area contributed by atoms with E-state index in [1.807, 2.05) is 24.3 Å². The topological polar surface area (TPSA) is 38.7 Å². The fraction of sp³-hybridized carbons (Fsp3) is 0.182. The van der Waals surface area contributed by atoms with Crippen LogP contribution in [0.25, 0.3) is 0 Å². The average molecular weight is 185 g/mol. The molecule has 0 amide bonds. The van der Waals surface area contributed by atoms with Crippen LogP contribution in [-0.2, 0) is 12.8 Å². The maximum Gasteiger partial charge on any atom is 0.0668 e. The summed E-state index contributed by atoms with van der Waals surface area (Å²) in [5.74, 6) is 0. The smallest absolute Gasteiger partial charge is 0.0668 e. The van der Waals surface area contributed by atoms with Gasteiger partial charge in [0.25, 0.3) is 0 Å². The monoisotopic (exact) mass is 185 g/mol. The van der Waals surface area contributed by atoms with E-state index >= 15 is 0 Å². The highest BCUT2D eigenvalue weighted by Crippen LogP contribution is 2.03. The minimum absolute atomic E-state index is 0.916. The summed E-state index contributed by atoms with van der Waals surface area (Å²) < 4.78 is 0. The Morgan fingerprint density at radius 1 is 0.929 bits per heavy atom. The Kier molecular flexibility index (Phi) is 2.81. The number of benzene rings is 1. The first-order valence-corrected chi connectivity index (χ1v) is 4.62. The summed E-state index contributed by atoms with van der Waals surface area (Å²) in [4.78, 5) is 0. The lowest BCUT2D eigenvalue weighted by Gasteiger charge is -1.99. The van der Waals surface area contributed by atoms with Gasteiger partial charge < -0.3 is 0 Å². The summed E-state index contributed by atoms with van der Waals surface area (Å²) in [5, 5.41) is 11.2. The van der Waals surface area contributed by atoms with Crippen LogP contribution >= 0.6 is 0 Å². The average Bonchev–Trinajstić information content (AvgIpc) is 2.29. The zero-order valence-corrected chi connectivity index (χ0v) is 7.80. The maximum atomic E-state index is 3.93. The summed E-state index contributed by atoms with van der Waals surface area (Å²) in [7, 11) is 0. The van der Waals surface area contributed by atoms with Crippen LogP contribution in [0.4, 0.5) is 0 Å². The standard InChI is InChI=1S/C11H11N3/c1-2-4-10(5-3-1)6-7-11-8-9-12-14-13-11/h1-5,8-9H,6-7H2. The van der Waals surface area contributed by atoms with Crippen molar-refractivity contribution < 1.29 is 0 Å². The largest absolute Gasteiger partial charge is 0.139 e. The third kappa shape index (κ3) is 2.36. The molecule has 1 heterocycles. The molecule has 0 bridgehead atoms. The molecule has 0 unspecified atom stereocenters. The first-order valence-electron chi connectivity index (χ1n) is 4.62. The first kappa shape index (κ1) is 8.81. The predicted octanol–water partition coefficient (Wildman–Crippen LogP) is 1.66. The molecular weight excluding hydrogens is 174 g/mol. The zero-order valence-electron chi connectivity index (χ0n) is 7.80. The molecule has 0 aliphatic rings. The van der Waals surface area contributed by atoms with Crippen molar-refractivity contribution in [1.82, 2.24) is 15.4 Å². The van der Waals surface area contributed by atoms with Gasteiger partial charge in [0.1, 0.15) is 0 Å². The molecule has 2 aromatic rings. The van der Waals surface area contributed by atoms with Crippen LogP contribution < -0.4 is 0 Å². The van der Waals surface area contributed by atoms with E-state index in [0.717, 1.165) is 18.5 Å². The molecule has 0 fully saturated rings. The number of aromatic nitrogens is 3. The van der Waals surface area contributed by atoms with Gasteiger partial charge in [-0.15, -0.1) is 10.2 Å². The Morgan fingerprint density at radius 2 is 1.79 bits per heavy atom. The van der Waals surface area contributed by atoms with Gasteiger partial charge in [-0.05, 0) is 29.7 Å². The van der Waals surface area contributed by atoms with Gasteiger partial charge in [0, 0.05) is 0 Å². The minimum atomic E-state index is 0.916. The van der Waals surface area contributed by atoms with Crippen LogP contribution in [0.1, 0.15) is 11.3 Å². The molecule has 0 spiro atoms. The molecule has 2 rings (SSSR count). The number of nitrogens with zero attached hydrogens (tertiary/aromatic N) is 3. The summed E-state index contributed by atoms with van der Waals surface area (Å²) in [6.07, 6.45) is 3.59. The number of hydrogen-bond acceptors (Lipinski definition) is 3. The molecule has 0 saturated carbocycles. The van der Waals surface area contributed by atoms with E-state index in [9.17, 15) is 0 Å². The molecule has 0 N–H and O–H groups in total. The molecule has 3 heteroatoms. The van der Waals surface area contributed by atoms with Gasteiger partial charge in [-0.25, -0.2) is 0 Å². The van der Waals surface area contributed by atoms with E-state index in [4.69, 9.17) is 0 Å². The molecular formula is C11H11N3. The van der Waals surface area contributed by atoms with Crippen molar-refractivity contribution in [2.24, 2.45) is 0 Å². The van der Waals surface area contributed by atoms with Crippen LogP contribution in [-0.4, -0.2) is 15.4 Å². The summed E-state index contributed by atoms with van der Waals surface area (Å²) in [6, 6.07) is 12.3. The molecule has 3 nitrogen and oxygen atoms in total. The molecule has 0 aliphatic heterocycles. The Labute approximate surface area is 82.8 Å². The highest BCUT2D eigenvalue weighted by Gasteiger charge is 1.95. The van der Waals surface area contributed by atoms with Crippen molar-refractivity contribution in [2.75, 3.05) is 0 Å². The van der Waals surface area contributed by atoms with Crippen LogP contribution in [0.2, 0.25) is 0 Å². The molecule has 70 valence electrons. The fourth-order valence-electron chi connectivity index (χ4n) is 1.32. The summed E-state index contributed by atoms with van der Waals surface area (Å²) in [6.45, 7) is 0. The summed E-state index contributed by atoms with van der Waals surface area (Å²) in [5.41, 5.74) is 2.31. The quantitative estimate of drug-likeness (QED) is 0.730. The predicted molar refractivity (Wildman–Crippen MR) is 53.7 cm³/mol. The lowest BCUT2D eigenvalue weighted by Crippen LogP contribution is -1.96. The molecule has 14 heavy (non-hydrogen) atoms. The second kappa shape index (κ2) is 4.46. The van der Waals surface area contributed by atoms with Crippen molar-refractivity contribution >= 4 is 0 Å². The number of aryl methyl sites for hydroxylation is 2. The molecule has 0 radical (unpaired) electrons. The van der Waals surface area contributed by atoms with Crippen LogP contribution in [0, 0.1) is 0 Å². The van der Waals surface area contributed by atoms with Crippen molar-refractivity contribution in [3.63, 3.8) is 0 Å². The van der Waals surface area contributed by atoms with E-state index in [1.54, 1.807) is 6.20 Å². The molecule has 0 atom stereocenters. The van der Waals surface area contributed by atoms with Crippen molar-refractivity contribution in [1.29, 1.82) is 0 Å². The Morgan fingerprint density at radius 3 is 2.50 bits per heavy atom. The van der Waals surface area contributed by atoms with E-state index < -0.39 is 0 Å². The van der Waals surface area contributed by atoms with Gasteiger partial charge in [-0.1, -0.05) is 30.3 Å². The highest BCUT2D eigenvalue weighted by atomic mass is 15.3. The van der Waals surface area contributed by atoms with Gasteiger partial charge in [0.2, 0.25) is 0 Å². The highest BCUT2D eigenvalue weighted by molar-refractivity contribution is 5.15. The van der Waals surface area contributed by atoms with E-state index in [0.29, 0.717) is 0 Å². The Hall–Kier alpha value is -1.77.